The molecule has 29 heavy (non-hydrogen) atoms. The van der Waals surface area contributed by atoms with E-state index < -0.39 is 23.7 Å². The number of amides is 2. The Kier molecular flexibility index (Phi) is 7.24. The lowest BCUT2D eigenvalue weighted by Crippen LogP contribution is -2.36. The summed E-state index contributed by atoms with van der Waals surface area (Å²) in [5, 5.41) is 2.31. The van der Waals surface area contributed by atoms with Crippen molar-refractivity contribution < 1.29 is 31.9 Å². The highest BCUT2D eigenvalue weighted by molar-refractivity contribution is 5.90. The Morgan fingerprint density at radius 2 is 1.97 bits per heavy atom. The number of anilines is 1. The third-order valence-corrected chi connectivity index (χ3v) is 4.01. The van der Waals surface area contributed by atoms with E-state index >= 15 is 0 Å². The molecule has 0 aliphatic heterocycles. The molecule has 158 valence electrons. The van der Waals surface area contributed by atoms with Crippen molar-refractivity contribution >= 4 is 17.7 Å². The van der Waals surface area contributed by atoms with Crippen molar-refractivity contribution in [3.63, 3.8) is 0 Å². The second-order valence-corrected chi connectivity index (χ2v) is 6.70. The molecule has 1 N–H and O–H groups in total. The summed E-state index contributed by atoms with van der Waals surface area (Å²) in [6.07, 6.45) is -2.90. The van der Waals surface area contributed by atoms with Crippen LogP contribution in [-0.4, -0.2) is 35.5 Å². The van der Waals surface area contributed by atoms with Crippen LogP contribution in [0.3, 0.4) is 0 Å². The van der Waals surface area contributed by atoms with Crippen LogP contribution in [-0.2, 0) is 17.5 Å². The van der Waals surface area contributed by atoms with E-state index in [2.05, 4.69) is 15.0 Å². The average Bonchev–Trinajstić information content (AvgIpc) is 3.12. The SMILES string of the molecule is COC(=O)c1coc(CN(CCC(C)C)C(=O)Nc2ccccc2C(F)(F)F)n1. The number of hydrogen-bond acceptors (Lipinski definition) is 5. The number of alkyl halides is 3. The molecule has 0 spiro atoms. The predicted molar refractivity (Wildman–Crippen MR) is 98.2 cm³/mol. The van der Waals surface area contributed by atoms with E-state index in [4.69, 9.17) is 4.42 Å². The molecular formula is C19H22F3N3O4. The van der Waals surface area contributed by atoms with Crippen LogP contribution in [0.25, 0.3) is 0 Å². The molecule has 0 bridgehead atoms. The fourth-order valence-electron chi connectivity index (χ4n) is 2.45. The molecule has 1 aromatic heterocycles. The van der Waals surface area contributed by atoms with Crippen LogP contribution in [0.1, 0.15) is 42.2 Å². The minimum Gasteiger partial charge on any atom is -0.464 e. The number of oxazole rings is 1. The molecule has 2 aromatic rings. The molecule has 0 atom stereocenters. The van der Waals surface area contributed by atoms with Gasteiger partial charge in [0.2, 0.25) is 5.89 Å². The predicted octanol–water partition coefficient (Wildman–Crippen LogP) is 4.56. The molecule has 0 saturated carbocycles. The molecule has 2 rings (SSSR count). The lowest BCUT2D eigenvalue weighted by atomic mass is 10.1. The highest BCUT2D eigenvalue weighted by Gasteiger charge is 2.34. The van der Waals surface area contributed by atoms with Crippen LogP contribution in [0, 0.1) is 5.92 Å². The number of ether oxygens (including phenoxy) is 1. The first kappa shape index (κ1) is 22.3. The summed E-state index contributed by atoms with van der Waals surface area (Å²) in [7, 11) is 1.19. The van der Waals surface area contributed by atoms with E-state index in [0.717, 1.165) is 12.3 Å². The molecule has 0 aliphatic rings. The van der Waals surface area contributed by atoms with E-state index in [1.165, 1.54) is 30.2 Å². The minimum atomic E-state index is -4.61. The van der Waals surface area contributed by atoms with Crippen molar-refractivity contribution in [1.82, 2.24) is 9.88 Å². The number of rotatable bonds is 7. The zero-order chi connectivity index (χ0) is 21.6. The first-order chi connectivity index (χ1) is 13.6. The summed E-state index contributed by atoms with van der Waals surface area (Å²) in [5.74, 6) is -0.381. The Balaban J connectivity index is 2.20. The fraction of sp³-hybridized carbons (Fsp3) is 0.421. The van der Waals surface area contributed by atoms with Crippen LogP contribution < -0.4 is 5.32 Å². The number of para-hydroxylation sites is 1. The summed E-state index contributed by atoms with van der Waals surface area (Å²) in [6.45, 7) is 4.04. The number of urea groups is 1. The molecule has 1 aromatic carbocycles. The largest absolute Gasteiger partial charge is 0.464 e. The van der Waals surface area contributed by atoms with Gasteiger partial charge in [0.1, 0.15) is 6.26 Å². The summed E-state index contributed by atoms with van der Waals surface area (Å²) >= 11 is 0. The average molecular weight is 413 g/mol. The van der Waals surface area contributed by atoms with Gasteiger partial charge in [-0.2, -0.15) is 13.2 Å². The summed E-state index contributed by atoms with van der Waals surface area (Å²) in [5.41, 5.74) is -1.35. The Morgan fingerprint density at radius 3 is 2.59 bits per heavy atom. The van der Waals surface area contributed by atoms with Crippen molar-refractivity contribution in [2.45, 2.75) is 33.0 Å². The van der Waals surface area contributed by atoms with Gasteiger partial charge in [-0.3, -0.25) is 0 Å². The van der Waals surface area contributed by atoms with Gasteiger partial charge < -0.3 is 19.4 Å². The van der Waals surface area contributed by atoms with Gasteiger partial charge in [-0.05, 0) is 24.5 Å². The number of esters is 1. The number of nitrogens with one attached hydrogen (secondary N) is 1. The van der Waals surface area contributed by atoms with Crippen molar-refractivity contribution in [3.05, 3.63) is 47.7 Å². The molecule has 2 amide bonds. The molecule has 0 saturated heterocycles. The van der Waals surface area contributed by atoms with E-state index in [9.17, 15) is 22.8 Å². The first-order valence-corrected chi connectivity index (χ1v) is 8.86. The third kappa shape index (κ3) is 6.23. The number of nitrogens with zero attached hydrogens (tertiary/aromatic N) is 2. The molecule has 0 fully saturated rings. The summed E-state index contributed by atoms with van der Waals surface area (Å²) < 4.78 is 49.3. The Labute approximate surface area is 165 Å². The van der Waals surface area contributed by atoms with Crippen LogP contribution in [0.15, 0.2) is 34.9 Å². The molecular weight excluding hydrogens is 391 g/mol. The van der Waals surface area contributed by atoms with Crippen LogP contribution >= 0.6 is 0 Å². The van der Waals surface area contributed by atoms with Gasteiger partial charge in [-0.1, -0.05) is 26.0 Å². The van der Waals surface area contributed by atoms with Crippen molar-refractivity contribution in [2.24, 2.45) is 5.92 Å². The van der Waals surface area contributed by atoms with Gasteiger partial charge in [0.05, 0.1) is 24.9 Å². The van der Waals surface area contributed by atoms with Crippen LogP contribution in [0.2, 0.25) is 0 Å². The number of methoxy groups -OCH3 is 1. The molecule has 0 aliphatic carbocycles. The van der Waals surface area contributed by atoms with Gasteiger partial charge >= 0.3 is 18.2 Å². The van der Waals surface area contributed by atoms with Crippen molar-refractivity contribution in [2.75, 3.05) is 19.0 Å². The third-order valence-electron chi connectivity index (χ3n) is 4.01. The summed E-state index contributed by atoms with van der Waals surface area (Å²) in [4.78, 5) is 29.4. The number of aromatic nitrogens is 1. The number of carbonyl (C=O) groups is 2. The second kappa shape index (κ2) is 9.44. The molecule has 0 radical (unpaired) electrons. The van der Waals surface area contributed by atoms with Gasteiger partial charge in [0.15, 0.2) is 5.69 Å². The number of benzene rings is 1. The van der Waals surface area contributed by atoms with Gasteiger partial charge in [-0.15, -0.1) is 0 Å². The molecule has 0 unspecified atom stereocenters. The smallest absolute Gasteiger partial charge is 0.418 e. The fourth-order valence-corrected chi connectivity index (χ4v) is 2.45. The van der Waals surface area contributed by atoms with E-state index in [1.54, 1.807) is 0 Å². The number of carbonyl (C=O) groups excluding carboxylic acids is 2. The monoisotopic (exact) mass is 413 g/mol. The van der Waals surface area contributed by atoms with E-state index in [0.29, 0.717) is 6.42 Å². The molecule has 10 heteroatoms. The zero-order valence-electron chi connectivity index (χ0n) is 16.2. The second-order valence-electron chi connectivity index (χ2n) is 6.70. The van der Waals surface area contributed by atoms with Crippen LogP contribution in [0.4, 0.5) is 23.7 Å². The van der Waals surface area contributed by atoms with Gasteiger partial charge in [0.25, 0.3) is 0 Å². The Hall–Kier alpha value is -3.04. The lowest BCUT2D eigenvalue weighted by Gasteiger charge is -2.23. The quantitative estimate of drug-likeness (QED) is 0.673. The topological polar surface area (TPSA) is 84.7 Å². The Morgan fingerprint density at radius 1 is 1.28 bits per heavy atom. The maximum atomic E-state index is 13.2. The van der Waals surface area contributed by atoms with Crippen molar-refractivity contribution in [3.8, 4) is 0 Å². The normalized spacial score (nSPS) is 11.4. The maximum absolute atomic E-state index is 13.2. The highest BCUT2D eigenvalue weighted by Crippen LogP contribution is 2.34. The van der Waals surface area contributed by atoms with Crippen LogP contribution in [0.5, 0.6) is 0 Å². The number of hydrogen-bond donors (Lipinski definition) is 1. The van der Waals surface area contributed by atoms with Crippen molar-refractivity contribution in [1.29, 1.82) is 0 Å². The Bertz CT molecular complexity index is 849. The van der Waals surface area contributed by atoms with Gasteiger partial charge in [-0.25, -0.2) is 14.6 Å². The molecule has 7 nitrogen and oxygen atoms in total. The summed E-state index contributed by atoms with van der Waals surface area (Å²) in [6, 6.07) is 3.99. The van der Waals surface area contributed by atoms with E-state index in [-0.39, 0.29) is 36.3 Å². The standard InChI is InChI=1S/C19H22F3N3O4/c1-12(2)8-9-25(10-16-23-15(11-29-16)17(26)28-3)18(27)24-14-7-5-4-6-13(14)19(20,21)22/h4-7,11-12H,8-10H2,1-3H3,(H,24,27). The van der Waals surface area contributed by atoms with Gasteiger partial charge in [0, 0.05) is 6.54 Å². The highest BCUT2D eigenvalue weighted by atomic mass is 19.4. The number of halogens is 3. The molecule has 1 heterocycles. The minimum absolute atomic E-state index is 0.0610. The lowest BCUT2D eigenvalue weighted by molar-refractivity contribution is -0.136. The van der Waals surface area contributed by atoms with E-state index in [1.807, 2.05) is 13.8 Å². The first-order valence-electron chi connectivity index (χ1n) is 8.86. The zero-order valence-corrected chi connectivity index (χ0v) is 16.2. The maximum Gasteiger partial charge on any atom is 0.418 e.